The first kappa shape index (κ1) is 14.0. The second kappa shape index (κ2) is 6.66. The van der Waals surface area contributed by atoms with Gasteiger partial charge >= 0.3 is 5.97 Å². The molecule has 4 heteroatoms. The molecular weight excluding hydrogens is 240 g/mol. The predicted molar refractivity (Wildman–Crippen MR) is 73.6 cm³/mol. The highest BCUT2D eigenvalue weighted by Crippen LogP contribution is 2.19. The van der Waals surface area contributed by atoms with Crippen molar-refractivity contribution in [3.63, 3.8) is 0 Å². The highest BCUT2D eigenvalue weighted by Gasteiger charge is 2.26. The van der Waals surface area contributed by atoms with Gasteiger partial charge in [-0.15, -0.1) is 0 Å². The lowest BCUT2D eigenvalue weighted by atomic mass is 9.98. The zero-order chi connectivity index (χ0) is 13.7. The van der Waals surface area contributed by atoms with E-state index in [0.717, 1.165) is 32.5 Å². The molecule has 1 aromatic rings. The van der Waals surface area contributed by atoms with Gasteiger partial charge in [-0.25, -0.2) is 0 Å². The lowest BCUT2D eigenvalue weighted by Crippen LogP contribution is -2.38. The van der Waals surface area contributed by atoms with Crippen LogP contribution < -0.4 is 0 Å². The molecule has 0 amide bonds. The Kier molecular flexibility index (Phi) is 4.91. The molecule has 19 heavy (non-hydrogen) atoms. The van der Waals surface area contributed by atoms with Crippen LogP contribution in [0.15, 0.2) is 18.5 Å². The molecule has 0 bridgehead atoms. The Hall–Kier alpha value is -1.42. The molecule has 1 unspecified atom stereocenters. The maximum absolute atomic E-state index is 11.8. The number of nitrogens with zero attached hydrogens (tertiary/aromatic N) is 2. The van der Waals surface area contributed by atoms with Gasteiger partial charge in [-0.2, -0.15) is 0 Å². The number of rotatable bonds is 4. The Bertz CT molecular complexity index is 434. The molecule has 2 rings (SSSR count). The number of carbonyl (C=O) groups is 1. The van der Waals surface area contributed by atoms with Crippen LogP contribution in [0.2, 0.25) is 0 Å². The monoisotopic (exact) mass is 262 g/mol. The molecule has 1 aromatic heterocycles. The third-order valence-corrected chi connectivity index (χ3v) is 3.46. The summed E-state index contributed by atoms with van der Waals surface area (Å²) in [6, 6.07) is 2.15. The summed E-state index contributed by atoms with van der Waals surface area (Å²) in [4.78, 5) is 18.3. The van der Waals surface area contributed by atoms with E-state index in [1.165, 1.54) is 11.1 Å². The van der Waals surface area contributed by atoms with Crippen molar-refractivity contribution in [1.29, 1.82) is 0 Å². The van der Waals surface area contributed by atoms with Crippen LogP contribution in [0.4, 0.5) is 0 Å². The SMILES string of the molecule is CCOC(=O)C1CCCN(Cc2cncc(C)c2)C1. The van der Waals surface area contributed by atoms with Gasteiger partial charge in [-0.3, -0.25) is 14.7 Å². The molecule has 0 radical (unpaired) electrons. The Labute approximate surface area is 114 Å². The van der Waals surface area contributed by atoms with E-state index in [1.807, 2.05) is 26.2 Å². The third kappa shape index (κ3) is 4.03. The van der Waals surface area contributed by atoms with Crippen molar-refractivity contribution in [3.05, 3.63) is 29.6 Å². The molecule has 1 aliphatic heterocycles. The zero-order valence-electron chi connectivity index (χ0n) is 11.8. The minimum atomic E-state index is -0.0467. The lowest BCUT2D eigenvalue weighted by molar-refractivity contribution is -0.150. The first-order valence-corrected chi connectivity index (χ1v) is 6.98. The third-order valence-electron chi connectivity index (χ3n) is 3.46. The minimum Gasteiger partial charge on any atom is -0.466 e. The van der Waals surface area contributed by atoms with Crippen LogP contribution >= 0.6 is 0 Å². The second-order valence-corrected chi connectivity index (χ2v) is 5.20. The maximum Gasteiger partial charge on any atom is 0.310 e. The van der Waals surface area contributed by atoms with E-state index in [-0.39, 0.29) is 11.9 Å². The predicted octanol–water partition coefficient (Wildman–Crippen LogP) is 2.17. The number of likely N-dealkylation sites (tertiary alicyclic amines) is 1. The van der Waals surface area contributed by atoms with E-state index in [0.29, 0.717) is 6.61 Å². The molecule has 0 spiro atoms. The van der Waals surface area contributed by atoms with Crippen molar-refractivity contribution in [3.8, 4) is 0 Å². The average molecular weight is 262 g/mol. The molecule has 1 atom stereocenters. The Morgan fingerprint density at radius 3 is 3.11 bits per heavy atom. The van der Waals surface area contributed by atoms with Gasteiger partial charge in [0.15, 0.2) is 0 Å². The molecule has 2 heterocycles. The van der Waals surface area contributed by atoms with Gasteiger partial charge < -0.3 is 4.74 Å². The van der Waals surface area contributed by atoms with Gasteiger partial charge in [0.05, 0.1) is 12.5 Å². The molecule has 0 aliphatic carbocycles. The Balaban J connectivity index is 1.92. The first-order valence-electron chi connectivity index (χ1n) is 6.98. The fraction of sp³-hybridized carbons (Fsp3) is 0.600. The van der Waals surface area contributed by atoms with Crippen LogP contribution in [-0.2, 0) is 16.1 Å². The van der Waals surface area contributed by atoms with Gasteiger partial charge in [0.2, 0.25) is 0 Å². The van der Waals surface area contributed by atoms with Crippen molar-refractivity contribution < 1.29 is 9.53 Å². The number of aryl methyl sites for hydroxylation is 1. The molecule has 104 valence electrons. The fourth-order valence-electron chi connectivity index (χ4n) is 2.61. The largest absolute Gasteiger partial charge is 0.466 e. The van der Waals surface area contributed by atoms with Crippen LogP contribution in [0.5, 0.6) is 0 Å². The summed E-state index contributed by atoms with van der Waals surface area (Å²) in [5.74, 6) is -0.0129. The van der Waals surface area contributed by atoms with Crippen molar-refractivity contribution in [1.82, 2.24) is 9.88 Å². The van der Waals surface area contributed by atoms with E-state index < -0.39 is 0 Å². The topological polar surface area (TPSA) is 42.4 Å². The van der Waals surface area contributed by atoms with Crippen LogP contribution in [-0.4, -0.2) is 35.5 Å². The second-order valence-electron chi connectivity index (χ2n) is 5.20. The first-order chi connectivity index (χ1) is 9.19. The Morgan fingerprint density at radius 2 is 2.37 bits per heavy atom. The van der Waals surface area contributed by atoms with Crippen molar-refractivity contribution in [2.75, 3.05) is 19.7 Å². The highest BCUT2D eigenvalue weighted by atomic mass is 16.5. The number of pyridine rings is 1. The number of hydrogen-bond acceptors (Lipinski definition) is 4. The normalized spacial score (nSPS) is 20.2. The summed E-state index contributed by atoms with van der Waals surface area (Å²) < 4.78 is 5.12. The molecule has 0 N–H and O–H groups in total. The standard InChI is InChI=1S/C15H22N2O2/c1-3-19-15(18)14-5-4-6-17(11-14)10-13-7-12(2)8-16-9-13/h7-9,14H,3-6,10-11H2,1-2H3. The van der Waals surface area contributed by atoms with Crippen LogP contribution in [0.25, 0.3) is 0 Å². The Morgan fingerprint density at radius 1 is 1.53 bits per heavy atom. The summed E-state index contributed by atoms with van der Waals surface area (Å²) in [6.07, 6.45) is 5.77. The van der Waals surface area contributed by atoms with Crippen molar-refractivity contribution in [2.24, 2.45) is 5.92 Å². The van der Waals surface area contributed by atoms with Crippen LogP contribution in [0.3, 0.4) is 0 Å². The van der Waals surface area contributed by atoms with E-state index in [2.05, 4.69) is 16.0 Å². The summed E-state index contributed by atoms with van der Waals surface area (Å²) >= 11 is 0. The van der Waals surface area contributed by atoms with E-state index in [1.54, 1.807) is 0 Å². The van der Waals surface area contributed by atoms with Crippen LogP contribution in [0, 0.1) is 12.8 Å². The van der Waals surface area contributed by atoms with Gasteiger partial charge in [0, 0.05) is 25.5 Å². The number of carbonyl (C=O) groups excluding carboxylic acids is 1. The number of aromatic nitrogens is 1. The highest BCUT2D eigenvalue weighted by molar-refractivity contribution is 5.72. The number of piperidine rings is 1. The number of hydrogen-bond donors (Lipinski definition) is 0. The van der Waals surface area contributed by atoms with E-state index in [9.17, 15) is 4.79 Å². The zero-order valence-corrected chi connectivity index (χ0v) is 11.8. The molecule has 1 aliphatic rings. The molecule has 1 fully saturated rings. The maximum atomic E-state index is 11.8. The van der Waals surface area contributed by atoms with E-state index >= 15 is 0 Å². The molecule has 1 saturated heterocycles. The number of esters is 1. The summed E-state index contributed by atoms with van der Waals surface area (Å²) in [5, 5.41) is 0. The van der Waals surface area contributed by atoms with E-state index in [4.69, 9.17) is 4.74 Å². The van der Waals surface area contributed by atoms with Gasteiger partial charge in [0.1, 0.15) is 0 Å². The van der Waals surface area contributed by atoms with Gasteiger partial charge in [-0.1, -0.05) is 6.07 Å². The molecular formula is C15H22N2O2. The van der Waals surface area contributed by atoms with Crippen LogP contribution in [0.1, 0.15) is 30.9 Å². The molecule has 0 aromatic carbocycles. The average Bonchev–Trinajstić information content (AvgIpc) is 2.39. The smallest absolute Gasteiger partial charge is 0.310 e. The summed E-state index contributed by atoms with van der Waals surface area (Å²) in [5.41, 5.74) is 2.39. The summed E-state index contributed by atoms with van der Waals surface area (Å²) in [7, 11) is 0. The summed E-state index contributed by atoms with van der Waals surface area (Å²) in [6.45, 7) is 7.09. The van der Waals surface area contributed by atoms with Crippen molar-refractivity contribution >= 4 is 5.97 Å². The van der Waals surface area contributed by atoms with Crippen molar-refractivity contribution in [2.45, 2.75) is 33.2 Å². The molecule has 0 saturated carbocycles. The quantitative estimate of drug-likeness (QED) is 0.780. The minimum absolute atomic E-state index is 0.0338. The lowest BCUT2D eigenvalue weighted by Gasteiger charge is -2.31. The number of ether oxygens (including phenoxy) is 1. The fourth-order valence-corrected chi connectivity index (χ4v) is 2.61. The molecule has 4 nitrogen and oxygen atoms in total. The van der Waals surface area contributed by atoms with Gasteiger partial charge in [-0.05, 0) is 44.4 Å². The van der Waals surface area contributed by atoms with Gasteiger partial charge in [0.25, 0.3) is 0 Å².